The highest BCUT2D eigenvalue weighted by molar-refractivity contribution is 9.11. The van der Waals surface area contributed by atoms with E-state index in [1.54, 1.807) is 27.5 Å². The number of aromatic nitrogens is 4. The lowest BCUT2D eigenvalue weighted by Crippen LogP contribution is -2.13. The van der Waals surface area contributed by atoms with Crippen molar-refractivity contribution in [2.24, 2.45) is 0 Å². The van der Waals surface area contributed by atoms with Gasteiger partial charge in [-0.2, -0.15) is 10.2 Å². The third-order valence-corrected chi connectivity index (χ3v) is 7.48. The number of nitrogens with zero attached hydrogens (tertiary/aromatic N) is 4. The van der Waals surface area contributed by atoms with Gasteiger partial charge in [0.2, 0.25) is 10.0 Å². The van der Waals surface area contributed by atoms with Gasteiger partial charge in [-0.05, 0) is 78.4 Å². The Labute approximate surface area is 236 Å². The molecule has 4 heterocycles. The van der Waals surface area contributed by atoms with Gasteiger partial charge in [0.1, 0.15) is 11.6 Å². The summed E-state index contributed by atoms with van der Waals surface area (Å²) in [5, 5.41) is 8.38. The first kappa shape index (κ1) is 26.0. The number of sulfonamides is 1. The topological polar surface area (TPSA) is 107 Å². The maximum absolute atomic E-state index is 11.5. The first-order valence-electron chi connectivity index (χ1n) is 11.4. The summed E-state index contributed by atoms with van der Waals surface area (Å²) in [6, 6.07) is 27.6. The molecule has 0 saturated carbocycles. The largest absolute Gasteiger partial charge is 0.384 e. The molecule has 0 aliphatic rings. The van der Waals surface area contributed by atoms with Crippen LogP contribution in [0.1, 0.15) is 0 Å². The molecule has 0 aliphatic heterocycles. The molecule has 0 amide bonds. The van der Waals surface area contributed by atoms with Gasteiger partial charge in [0.15, 0.2) is 0 Å². The number of hydrogen-bond donors (Lipinski definition) is 2. The van der Waals surface area contributed by atoms with Crippen LogP contribution in [0.4, 0.5) is 11.6 Å². The van der Waals surface area contributed by atoms with E-state index in [0.29, 0.717) is 11.6 Å². The second kappa shape index (κ2) is 10.6. The normalized spacial score (nSPS) is 11.3. The summed E-state index contributed by atoms with van der Waals surface area (Å²) >= 11 is 6.90. The van der Waals surface area contributed by atoms with Gasteiger partial charge in [0.25, 0.3) is 0 Å². The van der Waals surface area contributed by atoms with Crippen molar-refractivity contribution in [3.05, 3.63) is 106 Å². The molecule has 0 unspecified atom stereocenters. The molecule has 192 valence electrons. The van der Waals surface area contributed by atoms with E-state index >= 15 is 0 Å². The Kier molecular flexibility index (Phi) is 7.24. The van der Waals surface area contributed by atoms with Gasteiger partial charge in [0.05, 0.1) is 38.6 Å². The standard InChI is InChI=1S/C14H12BrN3O2S.C13H10BrN3/c1-21(19,20)17-14-8-11(10-5-3-2-4-6-10)7-13-12(15)9-16-18(13)14;14-11-8-16-17-12(11)6-10(7-13(17)15)9-4-2-1-3-5-9/h2-9,17H,1H3;1-8H,15H2. The van der Waals surface area contributed by atoms with Crippen molar-refractivity contribution in [1.29, 1.82) is 0 Å². The number of fused-ring (bicyclic) bond motifs is 2. The van der Waals surface area contributed by atoms with E-state index in [1.165, 1.54) is 0 Å². The Balaban J connectivity index is 0.000000158. The number of nitrogens with one attached hydrogen (secondary N) is 1. The lowest BCUT2D eigenvalue weighted by atomic mass is 10.1. The molecule has 11 heteroatoms. The third kappa shape index (κ3) is 5.59. The molecule has 6 aromatic rings. The molecule has 0 bridgehead atoms. The highest BCUT2D eigenvalue weighted by Crippen LogP contribution is 2.29. The fourth-order valence-electron chi connectivity index (χ4n) is 4.00. The fraction of sp³-hybridized carbons (Fsp3) is 0.0370. The van der Waals surface area contributed by atoms with Crippen LogP contribution in [0.2, 0.25) is 0 Å². The molecule has 38 heavy (non-hydrogen) atoms. The summed E-state index contributed by atoms with van der Waals surface area (Å²) < 4.78 is 30.6. The minimum Gasteiger partial charge on any atom is -0.384 e. The van der Waals surface area contributed by atoms with Crippen LogP contribution in [-0.4, -0.2) is 33.9 Å². The second-order valence-electron chi connectivity index (χ2n) is 8.48. The molecule has 0 atom stereocenters. The SMILES string of the molecule is CS(=O)(=O)Nc1cc(-c2ccccc2)cc2c(Br)cnn12.Nc1cc(-c2ccccc2)cc2c(Br)cnn12. The predicted molar refractivity (Wildman–Crippen MR) is 160 cm³/mol. The van der Waals surface area contributed by atoms with E-state index in [-0.39, 0.29) is 0 Å². The number of benzene rings is 2. The number of pyridine rings is 2. The number of hydrogen-bond acceptors (Lipinski definition) is 5. The molecule has 0 fully saturated rings. The van der Waals surface area contributed by atoms with Gasteiger partial charge in [-0.25, -0.2) is 17.4 Å². The summed E-state index contributed by atoms with van der Waals surface area (Å²) in [7, 11) is -3.38. The zero-order chi connectivity index (χ0) is 26.9. The van der Waals surface area contributed by atoms with E-state index in [9.17, 15) is 8.42 Å². The second-order valence-corrected chi connectivity index (χ2v) is 11.9. The Hall–Kier alpha value is -3.67. The maximum Gasteiger partial charge on any atom is 0.230 e. The van der Waals surface area contributed by atoms with E-state index in [1.807, 2.05) is 60.7 Å². The quantitative estimate of drug-likeness (QED) is 0.226. The third-order valence-electron chi connectivity index (χ3n) is 5.68. The zero-order valence-corrected chi connectivity index (χ0v) is 24.1. The van der Waals surface area contributed by atoms with E-state index in [2.05, 4.69) is 65.0 Å². The molecule has 8 nitrogen and oxygen atoms in total. The predicted octanol–water partition coefficient (Wildman–Crippen LogP) is 6.48. The average molecular weight is 654 g/mol. The number of rotatable bonds is 4. The summed E-state index contributed by atoms with van der Waals surface area (Å²) in [6.45, 7) is 0. The smallest absolute Gasteiger partial charge is 0.230 e. The monoisotopic (exact) mass is 652 g/mol. The minimum absolute atomic E-state index is 0.402. The zero-order valence-electron chi connectivity index (χ0n) is 20.1. The van der Waals surface area contributed by atoms with Crippen molar-refractivity contribution < 1.29 is 8.42 Å². The lowest BCUT2D eigenvalue weighted by molar-refractivity contribution is 0.606. The van der Waals surface area contributed by atoms with Crippen molar-refractivity contribution >= 4 is 64.6 Å². The van der Waals surface area contributed by atoms with Crippen LogP contribution >= 0.6 is 31.9 Å². The van der Waals surface area contributed by atoms with Crippen LogP contribution in [0.3, 0.4) is 0 Å². The van der Waals surface area contributed by atoms with Crippen molar-refractivity contribution in [3.8, 4) is 22.3 Å². The highest BCUT2D eigenvalue weighted by atomic mass is 79.9. The summed E-state index contributed by atoms with van der Waals surface area (Å²) in [4.78, 5) is 0. The van der Waals surface area contributed by atoms with Crippen LogP contribution in [-0.2, 0) is 10.0 Å². The van der Waals surface area contributed by atoms with Gasteiger partial charge in [-0.15, -0.1) is 0 Å². The van der Waals surface area contributed by atoms with Gasteiger partial charge in [-0.3, -0.25) is 4.72 Å². The van der Waals surface area contributed by atoms with Gasteiger partial charge >= 0.3 is 0 Å². The van der Waals surface area contributed by atoms with Crippen LogP contribution in [0.25, 0.3) is 33.3 Å². The Morgan fingerprint density at radius 2 is 1.18 bits per heavy atom. The minimum atomic E-state index is -3.38. The van der Waals surface area contributed by atoms with Crippen molar-refractivity contribution in [2.45, 2.75) is 0 Å². The first-order valence-corrected chi connectivity index (χ1v) is 14.9. The van der Waals surface area contributed by atoms with Crippen LogP contribution in [0.15, 0.2) is 106 Å². The highest BCUT2D eigenvalue weighted by Gasteiger charge is 2.12. The molecule has 6 rings (SSSR count). The van der Waals surface area contributed by atoms with Gasteiger partial charge in [-0.1, -0.05) is 60.7 Å². The van der Waals surface area contributed by atoms with Gasteiger partial charge in [0, 0.05) is 0 Å². The van der Waals surface area contributed by atoms with E-state index in [0.717, 1.165) is 48.5 Å². The molecule has 3 N–H and O–H groups in total. The van der Waals surface area contributed by atoms with Crippen LogP contribution in [0, 0.1) is 0 Å². The molecule has 0 spiro atoms. The first-order chi connectivity index (χ1) is 18.2. The number of nitrogens with two attached hydrogens (primary N) is 1. The summed E-state index contributed by atoms with van der Waals surface area (Å²) in [5.41, 5.74) is 11.9. The maximum atomic E-state index is 11.5. The van der Waals surface area contributed by atoms with Crippen molar-refractivity contribution in [1.82, 2.24) is 19.2 Å². The number of nitrogen functional groups attached to an aromatic ring is 1. The summed E-state index contributed by atoms with van der Waals surface area (Å²) in [6.07, 6.45) is 4.50. The molecule has 0 aliphatic carbocycles. The van der Waals surface area contributed by atoms with Crippen LogP contribution in [0.5, 0.6) is 0 Å². The molecule has 0 radical (unpaired) electrons. The summed E-state index contributed by atoms with van der Waals surface area (Å²) in [5.74, 6) is 1.03. The number of halogens is 2. The van der Waals surface area contributed by atoms with Crippen LogP contribution < -0.4 is 10.5 Å². The van der Waals surface area contributed by atoms with Gasteiger partial charge < -0.3 is 5.73 Å². The number of anilines is 2. The fourth-order valence-corrected chi connectivity index (χ4v) is 5.27. The van der Waals surface area contributed by atoms with E-state index < -0.39 is 10.0 Å². The Morgan fingerprint density at radius 1 is 0.711 bits per heavy atom. The van der Waals surface area contributed by atoms with Crippen molar-refractivity contribution in [3.63, 3.8) is 0 Å². The van der Waals surface area contributed by atoms with E-state index in [4.69, 9.17) is 5.73 Å². The average Bonchev–Trinajstić information content (AvgIpc) is 3.47. The Bertz CT molecular complexity index is 1850. The molecular formula is C27H22Br2N6O2S. The van der Waals surface area contributed by atoms with Crippen molar-refractivity contribution in [2.75, 3.05) is 16.7 Å². The molecular weight excluding hydrogens is 632 g/mol. The Morgan fingerprint density at radius 3 is 1.71 bits per heavy atom. The molecule has 4 aromatic heterocycles. The lowest BCUT2D eigenvalue weighted by Gasteiger charge is -2.10. The molecule has 0 saturated heterocycles. The molecule has 2 aromatic carbocycles.